The Kier molecular flexibility index (Phi) is 11.3. The van der Waals surface area contributed by atoms with Gasteiger partial charge in [-0.05, 0) is 93.2 Å². The molecule has 4 fully saturated rings. The lowest BCUT2D eigenvalue weighted by Crippen LogP contribution is -2.79. The van der Waals surface area contributed by atoms with E-state index in [1.54, 1.807) is 35.9 Å². The number of phosphoric acid groups is 3. The standard InChI is InChI=1S/C42H52N3O16P3/c1-22(2)11-10-16-40(8)17-15-26-33(56-40)25(13-12-23(3)4)34-29(35(26)58-63(51,52)61-64(53,54)60-62(48,49)50)31-30-32(45-20-19-43-38(45)44-31)27-21-28-39(6,7)59-41(36(27)46,42(28,30)57-34)18-14-24(5)37(47)55-9/h11-12,14-15,17,19-20,27-28,30,32H,10,13,16,18,21H2,1-9H3,(H,51,52)(H,53,54)(H2,48,49,50). The van der Waals surface area contributed by atoms with Crippen LogP contribution in [0.5, 0.6) is 17.2 Å². The predicted molar refractivity (Wildman–Crippen MR) is 230 cm³/mol. The third-order valence-corrected chi connectivity index (χ3v) is 16.8. The summed E-state index contributed by atoms with van der Waals surface area (Å²) in [6.45, 7) is 15.0. The molecule has 22 heteroatoms. The molecule has 4 bridgehead atoms. The maximum atomic E-state index is 15.5. The summed E-state index contributed by atoms with van der Waals surface area (Å²) in [7, 11) is -16.4. The fourth-order valence-electron chi connectivity index (χ4n) is 10.6. The summed E-state index contributed by atoms with van der Waals surface area (Å²) in [5.41, 5.74) is -2.27. The number of rotatable bonds is 14. The molecule has 3 saturated carbocycles. The van der Waals surface area contributed by atoms with E-state index in [0.717, 1.165) is 11.1 Å². The molecular weight excluding hydrogens is 895 g/mol. The van der Waals surface area contributed by atoms with Crippen molar-refractivity contribution >= 4 is 53.0 Å². The number of esters is 1. The lowest BCUT2D eigenvalue weighted by atomic mass is 9.44. The van der Waals surface area contributed by atoms with Gasteiger partial charge in [0.15, 0.2) is 22.7 Å². The van der Waals surface area contributed by atoms with Gasteiger partial charge >= 0.3 is 29.4 Å². The van der Waals surface area contributed by atoms with Crippen LogP contribution in [0.4, 0.5) is 5.95 Å². The number of hydrogen-bond donors (Lipinski definition) is 4. The molecule has 0 amide bonds. The van der Waals surface area contributed by atoms with Gasteiger partial charge in [0, 0.05) is 41.8 Å². The van der Waals surface area contributed by atoms with E-state index in [1.165, 1.54) is 13.3 Å². The average Bonchev–Trinajstić information content (AvgIpc) is 3.69. The molecule has 0 radical (unpaired) electrons. The number of allylic oxidation sites excluding steroid dienone is 4. The number of hydrogen-bond acceptors (Lipinski definition) is 14. The first-order chi connectivity index (χ1) is 29.7. The number of nitrogens with zero attached hydrogens (tertiary/aromatic N) is 3. The number of methoxy groups -OCH3 is 1. The van der Waals surface area contributed by atoms with Gasteiger partial charge in [-0.15, -0.1) is 0 Å². The molecule has 2 aromatic rings. The number of benzene rings is 1. The monoisotopic (exact) mass is 947 g/mol. The maximum absolute atomic E-state index is 15.5. The Morgan fingerprint density at radius 3 is 2.33 bits per heavy atom. The van der Waals surface area contributed by atoms with Crippen LogP contribution in [0.25, 0.3) is 6.08 Å². The summed E-state index contributed by atoms with van der Waals surface area (Å²) in [6.07, 6.45) is 13.7. The fourth-order valence-corrected chi connectivity index (χ4v) is 13.7. The van der Waals surface area contributed by atoms with Crippen molar-refractivity contribution in [2.24, 2.45) is 22.7 Å². The zero-order chi connectivity index (χ0) is 46.7. The number of Topliss-reactive ketones (excluding diaryl/α,β-unsaturated/α-hetero) is 1. The van der Waals surface area contributed by atoms with Crippen molar-refractivity contribution in [2.45, 2.75) is 116 Å². The molecule has 1 saturated heterocycles. The quantitative estimate of drug-likeness (QED) is 0.0612. The predicted octanol–water partition coefficient (Wildman–Crippen LogP) is 7.71. The molecular formula is C42H52N3O16P3. The van der Waals surface area contributed by atoms with Gasteiger partial charge in [-0.1, -0.05) is 29.4 Å². The van der Waals surface area contributed by atoms with E-state index in [1.807, 2.05) is 54.5 Å². The molecule has 346 valence electrons. The first-order valence-corrected chi connectivity index (χ1v) is 25.2. The topological polar surface area (TPSA) is 261 Å². The second-order valence-corrected chi connectivity index (χ2v) is 22.7. The molecule has 1 spiro atoms. The van der Waals surface area contributed by atoms with E-state index >= 15 is 4.79 Å². The van der Waals surface area contributed by atoms with Crippen molar-refractivity contribution < 1.29 is 75.0 Å². The van der Waals surface area contributed by atoms with Crippen LogP contribution < -0.4 is 14.0 Å². The smallest absolute Gasteiger partial charge is 0.482 e. The Morgan fingerprint density at radius 2 is 1.67 bits per heavy atom. The van der Waals surface area contributed by atoms with Crippen LogP contribution >= 0.6 is 23.5 Å². The van der Waals surface area contributed by atoms with Gasteiger partial charge in [0.1, 0.15) is 17.1 Å². The average molecular weight is 948 g/mol. The highest BCUT2D eigenvalue weighted by molar-refractivity contribution is 7.66. The van der Waals surface area contributed by atoms with Crippen molar-refractivity contribution in [3.63, 3.8) is 0 Å². The highest BCUT2D eigenvalue weighted by atomic mass is 31.3. The van der Waals surface area contributed by atoms with E-state index in [0.29, 0.717) is 24.8 Å². The summed E-state index contributed by atoms with van der Waals surface area (Å²) >= 11 is 0. The molecule has 1 aromatic carbocycles. The SMILES string of the molecule is COC(=O)C(C)=CCC12OC(C)(C)C3CC(C1=O)C1C4C(=Nc5nccn51)c1c(OP(=O)(O)OP(=O)(O)OP(=O)(O)O)c5c(c(CC=C(C)C)c1OC432)OC(C)(CCC=C(C)C)C=C5. The molecule has 9 unspecified atom stereocenters. The molecule has 9 atom stereocenters. The summed E-state index contributed by atoms with van der Waals surface area (Å²) in [6, 6.07) is -0.681. The van der Waals surface area contributed by atoms with Crippen LogP contribution in [0.3, 0.4) is 0 Å². The summed E-state index contributed by atoms with van der Waals surface area (Å²) in [5.74, 6) is -2.97. The second-order valence-electron chi connectivity index (χ2n) is 18.4. The zero-order valence-corrected chi connectivity index (χ0v) is 39.4. The van der Waals surface area contributed by atoms with Crippen molar-refractivity contribution in [3.05, 3.63) is 70.1 Å². The first kappa shape index (κ1) is 46.5. The number of fused-ring (bicyclic) bond motifs is 4. The molecule has 7 aliphatic rings. The number of aromatic nitrogens is 2. The first-order valence-electron chi connectivity index (χ1n) is 20.7. The van der Waals surface area contributed by atoms with Gasteiger partial charge in [-0.3, -0.25) is 9.69 Å². The lowest BCUT2D eigenvalue weighted by Gasteiger charge is -2.64. The van der Waals surface area contributed by atoms with Crippen molar-refractivity contribution in [2.75, 3.05) is 7.11 Å². The van der Waals surface area contributed by atoms with Crippen LogP contribution in [0.1, 0.15) is 104 Å². The van der Waals surface area contributed by atoms with E-state index in [2.05, 4.69) is 19.7 Å². The van der Waals surface area contributed by atoms with Gasteiger partial charge in [0.05, 0.1) is 41.5 Å². The molecule has 19 nitrogen and oxygen atoms in total. The van der Waals surface area contributed by atoms with Crippen molar-refractivity contribution in [1.29, 1.82) is 0 Å². The number of ether oxygens (including phenoxy) is 4. The largest absolute Gasteiger partial charge is 0.536 e. The Labute approximate surface area is 369 Å². The van der Waals surface area contributed by atoms with Gasteiger partial charge < -0.3 is 42.7 Å². The highest BCUT2D eigenvalue weighted by Crippen LogP contribution is 2.74. The van der Waals surface area contributed by atoms with Gasteiger partial charge in [0.25, 0.3) is 0 Å². The summed E-state index contributed by atoms with van der Waals surface area (Å²) in [5, 5.41) is 0. The Hall–Kier alpha value is -3.99. The van der Waals surface area contributed by atoms with Gasteiger partial charge in [-0.25, -0.2) is 28.5 Å². The Bertz CT molecular complexity index is 2670. The normalized spacial score (nSPS) is 30.8. The third kappa shape index (κ3) is 7.55. The highest BCUT2D eigenvalue weighted by Gasteiger charge is 2.85. The molecule has 64 heavy (non-hydrogen) atoms. The van der Waals surface area contributed by atoms with E-state index < -0.39 is 81.4 Å². The minimum absolute atomic E-state index is 0.0161. The number of ketones is 1. The molecule has 5 heterocycles. The Balaban J connectivity index is 1.45. The molecule has 1 aromatic heterocycles. The van der Waals surface area contributed by atoms with E-state index in [-0.39, 0.29) is 58.5 Å². The third-order valence-electron chi connectivity index (χ3n) is 13.0. The van der Waals surface area contributed by atoms with Gasteiger partial charge in [0.2, 0.25) is 5.95 Å². The minimum Gasteiger partial charge on any atom is -0.482 e. The number of imidazole rings is 1. The second kappa shape index (κ2) is 15.5. The van der Waals surface area contributed by atoms with Crippen LogP contribution in [-0.2, 0) is 47.8 Å². The number of aliphatic imine (C=N–C) groups is 1. The zero-order valence-electron chi connectivity index (χ0n) is 36.8. The fraction of sp³-hybridized carbons (Fsp3) is 0.524. The molecule has 9 rings (SSSR count). The van der Waals surface area contributed by atoms with Crippen LogP contribution in [0.2, 0.25) is 0 Å². The summed E-state index contributed by atoms with van der Waals surface area (Å²) < 4.78 is 81.0. The van der Waals surface area contributed by atoms with Crippen LogP contribution in [-0.4, -0.2) is 76.1 Å². The molecule has 4 aliphatic heterocycles. The number of phosphoric ester groups is 1. The van der Waals surface area contributed by atoms with E-state index in [9.17, 15) is 38.1 Å². The van der Waals surface area contributed by atoms with Crippen LogP contribution in [0, 0.1) is 17.8 Å². The van der Waals surface area contributed by atoms with Crippen LogP contribution in [0.15, 0.2) is 58.4 Å². The van der Waals surface area contributed by atoms with Crippen molar-refractivity contribution in [1.82, 2.24) is 9.55 Å². The molecule has 4 N–H and O–H groups in total. The lowest BCUT2D eigenvalue weighted by molar-refractivity contribution is -0.206. The molecule has 3 aliphatic carbocycles. The van der Waals surface area contributed by atoms with E-state index in [4.69, 9.17) is 28.5 Å². The van der Waals surface area contributed by atoms with Gasteiger partial charge in [-0.2, -0.15) is 8.62 Å². The minimum atomic E-state index is -5.99. The number of carbonyl (C=O) groups excluding carboxylic acids is 2. The summed E-state index contributed by atoms with van der Waals surface area (Å²) in [4.78, 5) is 78.0. The maximum Gasteiger partial charge on any atom is 0.536 e. The number of carbonyl (C=O) groups is 2. The Morgan fingerprint density at radius 1 is 0.969 bits per heavy atom. The van der Waals surface area contributed by atoms with Crippen molar-refractivity contribution in [3.8, 4) is 17.2 Å².